The Kier molecular flexibility index (Phi) is 10.3. The summed E-state index contributed by atoms with van der Waals surface area (Å²) in [5.41, 5.74) is 3.42. The van der Waals surface area contributed by atoms with Crippen molar-refractivity contribution < 1.29 is 28.5 Å². The molecule has 0 aliphatic carbocycles. The van der Waals surface area contributed by atoms with Gasteiger partial charge < -0.3 is 24.2 Å². The third-order valence-corrected chi connectivity index (χ3v) is 5.29. The highest BCUT2D eigenvalue weighted by Crippen LogP contribution is 2.31. The number of halogens is 1. The van der Waals surface area contributed by atoms with Crippen molar-refractivity contribution in [1.29, 1.82) is 0 Å². The Balaban J connectivity index is 1.87. The Hall–Kier alpha value is -3.40. The molecular formula is C27H32FN3O5. The van der Waals surface area contributed by atoms with Gasteiger partial charge in [0.2, 0.25) is 0 Å². The molecule has 0 saturated carbocycles. The number of hydrogen-bond donors (Lipinski definition) is 1. The van der Waals surface area contributed by atoms with Gasteiger partial charge in [0, 0.05) is 23.8 Å². The van der Waals surface area contributed by atoms with Crippen LogP contribution in [-0.4, -0.2) is 66.1 Å². The van der Waals surface area contributed by atoms with Crippen LogP contribution in [0.5, 0.6) is 0 Å². The van der Waals surface area contributed by atoms with E-state index in [9.17, 15) is 9.18 Å². The fourth-order valence-electron chi connectivity index (χ4n) is 3.72. The van der Waals surface area contributed by atoms with Crippen molar-refractivity contribution in [3.8, 4) is 22.5 Å². The summed E-state index contributed by atoms with van der Waals surface area (Å²) in [4.78, 5) is 22.3. The molecule has 192 valence electrons. The van der Waals surface area contributed by atoms with Crippen LogP contribution < -0.4 is 4.90 Å². The van der Waals surface area contributed by atoms with Gasteiger partial charge in [0.1, 0.15) is 5.82 Å². The first-order valence-electron chi connectivity index (χ1n) is 11.9. The number of carbonyl (C=O) groups is 1. The Morgan fingerprint density at radius 3 is 2.14 bits per heavy atom. The second-order valence-electron chi connectivity index (χ2n) is 8.17. The van der Waals surface area contributed by atoms with Gasteiger partial charge in [0.25, 0.3) is 6.36 Å². The van der Waals surface area contributed by atoms with E-state index in [2.05, 4.69) is 4.74 Å². The van der Waals surface area contributed by atoms with E-state index >= 15 is 0 Å². The predicted octanol–water partition coefficient (Wildman–Crippen LogP) is 4.80. The van der Waals surface area contributed by atoms with Crippen LogP contribution in [-0.2, 0) is 19.0 Å². The molecule has 36 heavy (non-hydrogen) atoms. The highest BCUT2D eigenvalue weighted by Gasteiger charge is 2.26. The molecule has 0 bridgehead atoms. The number of rotatable bonds is 14. The minimum Gasteiger partial charge on any atom is -0.477 e. The molecule has 1 N–H and O–H groups in total. The second kappa shape index (κ2) is 13.6. The third kappa shape index (κ3) is 7.30. The van der Waals surface area contributed by atoms with Gasteiger partial charge in [-0.15, -0.1) is 0 Å². The SMILES string of the molecule is CCOC(COCCOC(F)C(=O)O)N(c1cnc(-c2ccccc2)c(-c2ccccc2)n1)C(C)C. The molecule has 0 fully saturated rings. The van der Waals surface area contributed by atoms with E-state index in [0.717, 1.165) is 22.5 Å². The number of alkyl halides is 1. The molecule has 0 amide bonds. The van der Waals surface area contributed by atoms with Crippen LogP contribution in [0.4, 0.5) is 10.2 Å². The summed E-state index contributed by atoms with van der Waals surface area (Å²) in [6.07, 6.45) is -1.15. The standard InChI is InChI=1S/C27H32FN3O5/c1-4-35-23(18-34-15-16-36-26(28)27(32)33)31(19(2)3)22-17-29-24(20-11-7-5-8-12-20)25(30-22)21-13-9-6-10-14-21/h5-14,17,19,23,26H,4,15-16,18H2,1-3H3,(H,32,33). The molecule has 0 spiro atoms. The first kappa shape index (κ1) is 27.2. The lowest BCUT2D eigenvalue weighted by Gasteiger charge is -2.35. The number of hydrogen-bond acceptors (Lipinski definition) is 7. The van der Waals surface area contributed by atoms with Gasteiger partial charge in [0.05, 0.1) is 37.4 Å². The third-order valence-electron chi connectivity index (χ3n) is 5.29. The average Bonchev–Trinajstić information content (AvgIpc) is 2.89. The normalized spacial score (nSPS) is 12.9. The molecule has 3 aromatic rings. The molecule has 3 rings (SSSR count). The maximum Gasteiger partial charge on any atom is 0.366 e. The average molecular weight is 498 g/mol. The molecule has 0 aliphatic heterocycles. The number of nitrogens with zero attached hydrogens (tertiary/aromatic N) is 3. The Morgan fingerprint density at radius 1 is 0.972 bits per heavy atom. The summed E-state index contributed by atoms with van der Waals surface area (Å²) < 4.78 is 29.3. The summed E-state index contributed by atoms with van der Waals surface area (Å²) in [5, 5.41) is 8.57. The number of carboxylic acid groups (broad SMARTS) is 1. The number of benzene rings is 2. The maximum absolute atomic E-state index is 13.1. The summed E-state index contributed by atoms with van der Waals surface area (Å²) >= 11 is 0. The summed E-state index contributed by atoms with van der Waals surface area (Å²) in [5.74, 6) is -1.04. The molecule has 0 saturated heterocycles. The summed E-state index contributed by atoms with van der Waals surface area (Å²) in [6.45, 7) is 6.31. The molecule has 2 unspecified atom stereocenters. The molecule has 8 nitrogen and oxygen atoms in total. The first-order valence-corrected chi connectivity index (χ1v) is 11.9. The number of carboxylic acids is 1. The topological polar surface area (TPSA) is 94.0 Å². The first-order chi connectivity index (χ1) is 17.4. The quantitative estimate of drug-likeness (QED) is 0.251. The van der Waals surface area contributed by atoms with Crippen molar-refractivity contribution in [2.75, 3.05) is 31.3 Å². The van der Waals surface area contributed by atoms with Crippen molar-refractivity contribution in [2.45, 2.75) is 39.4 Å². The molecule has 0 aliphatic rings. The van der Waals surface area contributed by atoms with Crippen LogP contribution in [0, 0.1) is 0 Å². The zero-order valence-electron chi connectivity index (χ0n) is 20.7. The number of ether oxygens (including phenoxy) is 3. The van der Waals surface area contributed by atoms with E-state index in [1.54, 1.807) is 6.20 Å². The smallest absolute Gasteiger partial charge is 0.366 e. The van der Waals surface area contributed by atoms with Crippen LogP contribution in [0.3, 0.4) is 0 Å². The largest absolute Gasteiger partial charge is 0.477 e. The Morgan fingerprint density at radius 2 is 1.58 bits per heavy atom. The van der Waals surface area contributed by atoms with Crippen molar-refractivity contribution in [3.05, 3.63) is 66.9 Å². The van der Waals surface area contributed by atoms with E-state index < -0.39 is 18.6 Å². The molecule has 1 aromatic heterocycles. The molecule has 9 heteroatoms. The second-order valence-corrected chi connectivity index (χ2v) is 8.17. The van der Waals surface area contributed by atoms with Crippen LogP contribution in [0.1, 0.15) is 20.8 Å². The molecule has 2 aromatic carbocycles. The Labute approximate surface area is 210 Å². The van der Waals surface area contributed by atoms with Crippen LogP contribution in [0.15, 0.2) is 66.9 Å². The van der Waals surface area contributed by atoms with Gasteiger partial charge in [-0.2, -0.15) is 0 Å². The minimum atomic E-state index is -2.38. The lowest BCUT2D eigenvalue weighted by molar-refractivity contribution is -0.165. The van der Waals surface area contributed by atoms with E-state index in [0.29, 0.717) is 12.4 Å². The van der Waals surface area contributed by atoms with Crippen molar-refractivity contribution in [1.82, 2.24) is 9.97 Å². The number of aliphatic carboxylic acids is 1. The van der Waals surface area contributed by atoms with E-state index in [4.69, 9.17) is 24.5 Å². The summed E-state index contributed by atoms with van der Waals surface area (Å²) in [6, 6.07) is 19.8. The number of aromatic nitrogens is 2. The van der Waals surface area contributed by atoms with Crippen molar-refractivity contribution in [2.24, 2.45) is 0 Å². The van der Waals surface area contributed by atoms with Gasteiger partial charge in [-0.25, -0.2) is 14.2 Å². The minimum absolute atomic E-state index is 0.0101. The van der Waals surface area contributed by atoms with Gasteiger partial charge >= 0.3 is 5.97 Å². The van der Waals surface area contributed by atoms with E-state index in [1.807, 2.05) is 86.3 Å². The van der Waals surface area contributed by atoms with Crippen molar-refractivity contribution in [3.63, 3.8) is 0 Å². The molecular weight excluding hydrogens is 465 g/mol. The van der Waals surface area contributed by atoms with E-state index in [1.165, 1.54) is 0 Å². The predicted molar refractivity (Wildman–Crippen MR) is 135 cm³/mol. The number of anilines is 1. The fourth-order valence-corrected chi connectivity index (χ4v) is 3.72. The van der Waals surface area contributed by atoms with Gasteiger partial charge in [0.15, 0.2) is 6.23 Å². The van der Waals surface area contributed by atoms with Crippen LogP contribution >= 0.6 is 0 Å². The summed E-state index contributed by atoms with van der Waals surface area (Å²) in [7, 11) is 0. The van der Waals surface area contributed by atoms with Gasteiger partial charge in [-0.3, -0.25) is 4.98 Å². The lowest BCUT2D eigenvalue weighted by Crippen LogP contribution is -2.46. The molecule has 1 heterocycles. The van der Waals surface area contributed by atoms with Crippen LogP contribution in [0.25, 0.3) is 22.5 Å². The fraction of sp³-hybridized carbons (Fsp3) is 0.370. The molecule has 0 radical (unpaired) electrons. The lowest BCUT2D eigenvalue weighted by atomic mass is 10.0. The zero-order chi connectivity index (χ0) is 25.9. The monoisotopic (exact) mass is 497 g/mol. The molecule has 2 atom stereocenters. The highest BCUT2D eigenvalue weighted by molar-refractivity contribution is 5.78. The van der Waals surface area contributed by atoms with E-state index in [-0.39, 0.29) is 25.9 Å². The van der Waals surface area contributed by atoms with Gasteiger partial charge in [-0.05, 0) is 20.8 Å². The zero-order valence-corrected chi connectivity index (χ0v) is 20.7. The van der Waals surface area contributed by atoms with Crippen molar-refractivity contribution >= 4 is 11.8 Å². The highest BCUT2D eigenvalue weighted by atomic mass is 19.1. The Bertz CT molecular complexity index is 1090. The van der Waals surface area contributed by atoms with Gasteiger partial charge in [-0.1, -0.05) is 60.7 Å². The maximum atomic E-state index is 13.1. The van der Waals surface area contributed by atoms with Crippen LogP contribution in [0.2, 0.25) is 0 Å².